The Kier molecular flexibility index (Phi) is 5.50. The largest absolute Gasteiger partial charge is 0.496 e. The third-order valence-corrected chi connectivity index (χ3v) is 3.79. The highest BCUT2D eigenvalue weighted by Gasteiger charge is 2.21. The molecule has 0 N–H and O–H groups in total. The molecule has 2 aromatic carbocycles. The van der Waals surface area contributed by atoms with Gasteiger partial charge in [-0.15, -0.1) is 0 Å². The zero-order valence-corrected chi connectivity index (χ0v) is 14.1. The van der Waals surface area contributed by atoms with E-state index < -0.39 is 23.7 Å². The highest BCUT2D eigenvalue weighted by atomic mass is 79.9. The molecule has 0 aromatic heterocycles. The average molecular weight is 381 g/mol. The van der Waals surface area contributed by atoms with Crippen LogP contribution >= 0.6 is 15.9 Å². The van der Waals surface area contributed by atoms with Crippen LogP contribution < -0.4 is 4.74 Å². The van der Waals surface area contributed by atoms with Gasteiger partial charge in [-0.2, -0.15) is 0 Å². The molecule has 0 unspecified atom stereocenters. The standard InChI is InChI=1S/C17H14BrFO4/c1-10(16(20)11-3-6-13(19)7-4-11)23-17(21)12-5-8-15(22-2)14(18)9-12/h3-10H,1-2H3/t10-/m0/s1. The van der Waals surface area contributed by atoms with E-state index in [-0.39, 0.29) is 11.1 Å². The van der Waals surface area contributed by atoms with E-state index in [1.165, 1.54) is 38.3 Å². The van der Waals surface area contributed by atoms with Crippen LogP contribution in [0.25, 0.3) is 0 Å². The molecule has 0 aliphatic rings. The summed E-state index contributed by atoms with van der Waals surface area (Å²) in [6.45, 7) is 1.47. The number of Topliss-reactive ketones (excluding diaryl/α,β-unsaturated/α-hetero) is 1. The van der Waals surface area contributed by atoms with Gasteiger partial charge in [0.15, 0.2) is 6.10 Å². The van der Waals surface area contributed by atoms with Crippen LogP contribution in [0, 0.1) is 5.82 Å². The summed E-state index contributed by atoms with van der Waals surface area (Å²) >= 11 is 3.28. The molecule has 0 bridgehead atoms. The summed E-state index contributed by atoms with van der Waals surface area (Å²) < 4.78 is 23.7. The van der Waals surface area contributed by atoms with E-state index in [9.17, 15) is 14.0 Å². The SMILES string of the molecule is COc1ccc(C(=O)O[C@@H](C)C(=O)c2ccc(F)cc2)cc1Br. The number of carbonyl (C=O) groups is 2. The predicted molar refractivity (Wildman–Crippen MR) is 86.3 cm³/mol. The van der Waals surface area contributed by atoms with Crippen molar-refractivity contribution in [3.63, 3.8) is 0 Å². The molecular weight excluding hydrogens is 367 g/mol. The predicted octanol–water partition coefficient (Wildman–Crippen LogP) is 4.03. The first-order valence-electron chi connectivity index (χ1n) is 6.76. The molecule has 0 saturated heterocycles. The Labute approximate surface area is 141 Å². The number of rotatable bonds is 5. The van der Waals surface area contributed by atoms with Gasteiger partial charge in [0.05, 0.1) is 17.1 Å². The second kappa shape index (κ2) is 7.37. The minimum Gasteiger partial charge on any atom is -0.496 e. The Morgan fingerprint density at radius 3 is 2.26 bits per heavy atom. The Hall–Kier alpha value is -2.21. The molecule has 0 fully saturated rings. The van der Waals surface area contributed by atoms with Crippen LogP contribution in [0.3, 0.4) is 0 Å². The summed E-state index contributed by atoms with van der Waals surface area (Å²) in [4.78, 5) is 24.3. The van der Waals surface area contributed by atoms with Crippen molar-refractivity contribution < 1.29 is 23.5 Å². The second-order valence-electron chi connectivity index (χ2n) is 4.77. The molecule has 0 radical (unpaired) electrons. The Morgan fingerprint density at radius 1 is 1.09 bits per heavy atom. The Bertz CT molecular complexity index is 728. The van der Waals surface area contributed by atoms with Gasteiger partial charge in [-0.05, 0) is 65.3 Å². The number of esters is 1. The lowest BCUT2D eigenvalue weighted by Crippen LogP contribution is -2.24. The maximum atomic E-state index is 12.9. The van der Waals surface area contributed by atoms with Gasteiger partial charge in [-0.25, -0.2) is 9.18 Å². The Morgan fingerprint density at radius 2 is 1.70 bits per heavy atom. The van der Waals surface area contributed by atoms with Gasteiger partial charge in [0.2, 0.25) is 5.78 Å². The molecule has 4 nitrogen and oxygen atoms in total. The molecule has 6 heteroatoms. The number of benzene rings is 2. The molecule has 23 heavy (non-hydrogen) atoms. The minimum atomic E-state index is -0.978. The van der Waals surface area contributed by atoms with E-state index in [2.05, 4.69) is 15.9 Å². The summed E-state index contributed by atoms with van der Waals surface area (Å²) in [5.41, 5.74) is 0.569. The van der Waals surface area contributed by atoms with Crippen molar-refractivity contribution in [2.75, 3.05) is 7.11 Å². The van der Waals surface area contributed by atoms with Crippen LogP contribution in [-0.2, 0) is 4.74 Å². The van der Waals surface area contributed by atoms with Crippen molar-refractivity contribution in [2.45, 2.75) is 13.0 Å². The third-order valence-electron chi connectivity index (χ3n) is 3.17. The zero-order chi connectivity index (χ0) is 17.0. The molecule has 0 saturated carbocycles. The first-order valence-corrected chi connectivity index (χ1v) is 7.56. The normalized spacial score (nSPS) is 11.7. The molecule has 0 heterocycles. The van der Waals surface area contributed by atoms with Crippen molar-refractivity contribution >= 4 is 27.7 Å². The Balaban J connectivity index is 2.08. The topological polar surface area (TPSA) is 52.6 Å². The number of carbonyl (C=O) groups excluding carboxylic acids is 2. The molecule has 2 aromatic rings. The van der Waals surface area contributed by atoms with Gasteiger partial charge >= 0.3 is 5.97 Å². The molecule has 2 rings (SSSR count). The fourth-order valence-electron chi connectivity index (χ4n) is 1.92. The summed E-state index contributed by atoms with van der Waals surface area (Å²) in [6, 6.07) is 9.78. The fraction of sp³-hybridized carbons (Fsp3) is 0.176. The lowest BCUT2D eigenvalue weighted by atomic mass is 10.1. The van der Waals surface area contributed by atoms with Crippen LogP contribution in [0.1, 0.15) is 27.6 Å². The van der Waals surface area contributed by atoms with E-state index in [1.54, 1.807) is 18.2 Å². The van der Waals surface area contributed by atoms with E-state index in [0.717, 1.165) is 0 Å². The summed E-state index contributed by atoms with van der Waals surface area (Å²) in [6.07, 6.45) is -0.978. The number of hydrogen-bond acceptors (Lipinski definition) is 4. The molecule has 120 valence electrons. The number of ether oxygens (including phenoxy) is 2. The van der Waals surface area contributed by atoms with Gasteiger partial charge in [0, 0.05) is 5.56 Å². The first kappa shape index (κ1) is 17.1. The summed E-state index contributed by atoms with van der Waals surface area (Å²) in [5, 5.41) is 0. The van der Waals surface area contributed by atoms with Crippen LogP contribution in [0.2, 0.25) is 0 Å². The van der Waals surface area contributed by atoms with Gasteiger partial charge in [0.1, 0.15) is 11.6 Å². The molecule has 0 amide bonds. The smallest absolute Gasteiger partial charge is 0.338 e. The quantitative estimate of drug-likeness (QED) is 0.580. The lowest BCUT2D eigenvalue weighted by molar-refractivity contribution is 0.0318. The van der Waals surface area contributed by atoms with Crippen molar-refractivity contribution in [1.29, 1.82) is 0 Å². The van der Waals surface area contributed by atoms with Crippen LogP contribution in [0.5, 0.6) is 5.75 Å². The minimum absolute atomic E-state index is 0.280. The van der Waals surface area contributed by atoms with Crippen molar-refractivity contribution in [1.82, 2.24) is 0 Å². The fourth-order valence-corrected chi connectivity index (χ4v) is 2.46. The maximum Gasteiger partial charge on any atom is 0.338 e. The third kappa shape index (κ3) is 4.16. The van der Waals surface area contributed by atoms with Gasteiger partial charge < -0.3 is 9.47 Å². The monoisotopic (exact) mass is 380 g/mol. The highest BCUT2D eigenvalue weighted by molar-refractivity contribution is 9.10. The van der Waals surface area contributed by atoms with E-state index in [4.69, 9.17) is 9.47 Å². The molecular formula is C17H14BrFO4. The van der Waals surface area contributed by atoms with Gasteiger partial charge in [-0.3, -0.25) is 4.79 Å². The van der Waals surface area contributed by atoms with Gasteiger partial charge in [0.25, 0.3) is 0 Å². The molecule has 0 aliphatic carbocycles. The number of hydrogen-bond donors (Lipinski definition) is 0. The summed E-state index contributed by atoms with van der Waals surface area (Å²) in [7, 11) is 1.52. The first-order chi connectivity index (χ1) is 10.9. The van der Waals surface area contributed by atoms with Crippen molar-refractivity contribution in [3.05, 3.63) is 63.9 Å². The zero-order valence-electron chi connectivity index (χ0n) is 12.5. The van der Waals surface area contributed by atoms with E-state index in [1.807, 2.05) is 0 Å². The number of ketones is 1. The second-order valence-corrected chi connectivity index (χ2v) is 5.62. The molecule has 0 spiro atoms. The van der Waals surface area contributed by atoms with Crippen molar-refractivity contribution in [3.8, 4) is 5.75 Å². The van der Waals surface area contributed by atoms with Crippen molar-refractivity contribution in [2.24, 2.45) is 0 Å². The lowest BCUT2D eigenvalue weighted by Gasteiger charge is -2.13. The maximum absolute atomic E-state index is 12.9. The van der Waals surface area contributed by atoms with Gasteiger partial charge in [-0.1, -0.05) is 0 Å². The number of methoxy groups -OCH3 is 1. The summed E-state index contributed by atoms with van der Waals surface area (Å²) in [5.74, 6) is -0.881. The van der Waals surface area contributed by atoms with E-state index in [0.29, 0.717) is 10.2 Å². The van der Waals surface area contributed by atoms with Crippen LogP contribution in [0.15, 0.2) is 46.9 Å². The number of halogens is 2. The van der Waals surface area contributed by atoms with E-state index >= 15 is 0 Å². The molecule has 0 aliphatic heterocycles. The molecule has 1 atom stereocenters. The highest BCUT2D eigenvalue weighted by Crippen LogP contribution is 2.26. The van der Waals surface area contributed by atoms with Crippen LogP contribution in [-0.4, -0.2) is 25.0 Å². The van der Waals surface area contributed by atoms with Crippen LogP contribution in [0.4, 0.5) is 4.39 Å². The average Bonchev–Trinajstić information content (AvgIpc) is 2.54.